The average molecular weight is 228 g/mol. The molecule has 15 heavy (non-hydrogen) atoms. The van der Waals surface area contributed by atoms with Crippen LogP contribution < -0.4 is 5.73 Å². The Kier molecular flexibility index (Phi) is 5.80. The van der Waals surface area contributed by atoms with E-state index in [1.54, 1.807) is 11.3 Å². The molecule has 0 saturated carbocycles. The van der Waals surface area contributed by atoms with Crippen LogP contribution in [0.5, 0.6) is 0 Å². The van der Waals surface area contributed by atoms with Crippen LogP contribution in [-0.2, 0) is 11.3 Å². The zero-order chi connectivity index (χ0) is 10.9. The molecular weight excluding hydrogens is 212 g/mol. The van der Waals surface area contributed by atoms with Crippen LogP contribution in [0.4, 0.5) is 0 Å². The molecule has 0 bridgehead atoms. The molecule has 1 heterocycles. The zero-order valence-electron chi connectivity index (χ0n) is 8.56. The number of hydrogen-bond acceptors (Lipinski definition) is 4. The largest absolute Gasteiger partial charge is 0.409 e. The summed E-state index contributed by atoms with van der Waals surface area (Å²) in [5.41, 5.74) is 5.33. The normalized spacial score (nSPS) is 11.9. The molecule has 0 unspecified atom stereocenters. The summed E-state index contributed by atoms with van der Waals surface area (Å²) >= 11 is 1.70. The highest BCUT2D eigenvalue weighted by atomic mass is 32.1. The second-order valence-electron chi connectivity index (χ2n) is 3.18. The van der Waals surface area contributed by atoms with Gasteiger partial charge >= 0.3 is 0 Å². The van der Waals surface area contributed by atoms with E-state index in [9.17, 15) is 0 Å². The number of rotatable bonds is 7. The summed E-state index contributed by atoms with van der Waals surface area (Å²) in [6.45, 7) is 1.40. The highest BCUT2D eigenvalue weighted by Crippen LogP contribution is 2.09. The van der Waals surface area contributed by atoms with E-state index in [1.807, 2.05) is 11.4 Å². The third-order valence-electron chi connectivity index (χ3n) is 1.92. The molecule has 5 heteroatoms. The summed E-state index contributed by atoms with van der Waals surface area (Å²) < 4.78 is 5.46. The van der Waals surface area contributed by atoms with Gasteiger partial charge in [-0.15, -0.1) is 11.3 Å². The maximum absolute atomic E-state index is 8.30. The van der Waals surface area contributed by atoms with Gasteiger partial charge in [-0.05, 0) is 24.3 Å². The standard InChI is InChI=1S/C10H16N2O2S/c11-10(12-13)5-1-2-6-14-8-9-4-3-7-15-9/h3-4,7,13H,1-2,5-6,8H2,(H2,11,12). The summed E-state index contributed by atoms with van der Waals surface area (Å²) in [4.78, 5) is 1.24. The molecule has 3 N–H and O–H groups in total. The van der Waals surface area contributed by atoms with Gasteiger partial charge in [-0.2, -0.15) is 0 Å². The quantitative estimate of drug-likeness (QED) is 0.247. The Labute approximate surface area is 93.4 Å². The van der Waals surface area contributed by atoms with Gasteiger partial charge in [0.1, 0.15) is 5.84 Å². The first-order valence-corrected chi connectivity index (χ1v) is 5.77. The second kappa shape index (κ2) is 7.25. The van der Waals surface area contributed by atoms with E-state index < -0.39 is 0 Å². The molecule has 84 valence electrons. The fourth-order valence-corrected chi connectivity index (χ4v) is 1.77. The molecule has 0 fully saturated rings. The SMILES string of the molecule is NC(CCCCOCc1cccs1)=NO. The number of thiophene rings is 1. The van der Waals surface area contributed by atoms with E-state index in [4.69, 9.17) is 15.7 Å². The summed E-state index contributed by atoms with van der Waals surface area (Å²) in [7, 11) is 0. The Hall–Kier alpha value is -1.07. The van der Waals surface area contributed by atoms with Gasteiger partial charge in [0.05, 0.1) is 6.61 Å². The number of ether oxygens (including phenoxy) is 1. The summed E-state index contributed by atoms with van der Waals surface area (Å²) in [6.07, 6.45) is 2.45. The fraction of sp³-hybridized carbons (Fsp3) is 0.500. The third-order valence-corrected chi connectivity index (χ3v) is 2.77. The molecule has 0 aliphatic heterocycles. The first-order valence-electron chi connectivity index (χ1n) is 4.89. The highest BCUT2D eigenvalue weighted by Gasteiger charge is 1.95. The molecule has 0 radical (unpaired) electrons. The van der Waals surface area contributed by atoms with Crippen LogP contribution in [0.3, 0.4) is 0 Å². The topological polar surface area (TPSA) is 67.8 Å². The summed E-state index contributed by atoms with van der Waals surface area (Å²) in [5, 5.41) is 13.2. The van der Waals surface area contributed by atoms with E-state index in [2.05, 4.69) is 11.2 Å². The van der Waals surface area contributed by atoms with Crippen LogP contribution >= 0.6 is 11.3 Å². The molecule has 4 nitrogen and oxygen atoms in total. The molecule has 1 aromatic heterocycles. The lowest BCUT2D eigenvalue weighted by atomic mass is 10.2. The minimum absolute atomic E-state index is 0.285. The zero-order valence-corrected chi connectivity index (χ0v) is 9.37. The van der Waals surface area contributed by atoms with Crippen LogP contribution in [0.15, 0.2) is 22.7 Å². The molecule has 0 amide bonds. The van der Waals surface area contributed by atoms with Crippen LogP contribution in [0, 0.1) is 0 Å². The van der Waals surface area contributed by atoms with E-state index in [0.717, 1.165) is 19.4 Å². The lowest BCUT2D eigenvalue weighted by Crippen LogP contribution is -2.11. The molecule has 0 spiro atoms. The van der Waals surface area contributed by atoms with Crippen molar-refractivity contribution in [2.24, 2.45) is 10.9 Å². The van der Waals surface area contributed by atoms with Gasteiger partial charge in [0.15, 0.2) is 0 Å². The number of unbranched alkanes of at least 4 members (excludes halogenated alkanes) is 1. The van der Waals surface area contributed by atoms with Crippen molar-refractivity contribution in [1.29, 1.82) is 0 Å². The molecule has 0 aliphatic rings. The van der Waals surface area contributed by atoms with E-state index in [0.29, 0.717) is 13.0 Å². The lowest BCUT2D eigenvalue weighted by Gasteiger charge is -2.02. The van der Waals surface area contributed by atoms with Gasteiger partial charge in [-0.25, -0.2) is 0 Å². The number of oxime groups is 1. The molecule has 0 saturated heterocycles. The number of nitrogens with two attached hydrogens (primary N) is 1. The predicted molar refractivity (Wildman–Crippen MR) is 61.2 cm³/mol. The molecule has 0 atom stereocenters. The van der Waals surface area contributed by atoms with Gasteiger partial charge in [0.2, 0.25) is 0 Å². The Balaban J connectivity index is 1.94. The number of nitrogens with zero attached hydrogens (tertiary/aromatic N) is 1. The summed E-state index contributed by atoms with van der Waals surface area (Å²) in [6, 6.07) is 4.07. The first-order chi connectivity index (χ1) is 7.33. The van der Waals surface area contributed by atoms with Crippen LogP contribution in [0.25, 0.3) is 0 Å². The van der Waals surface area contributed by atoms with Crippen molar-refractivity contribution in [2.75, 3.05) is 6.61 Å². The maximum Gasteiger partial charge on any atom is 0.139 e. The fourth-order valence-electron chi connectivity index (χ4n) is 1.13. The van der Waals surface area contributed by atoms with Crippen molar-refractivity contribution < 1.29 is 9.94 Å². The highest BCUT2D eigenvalue weighted by molar-refractivity contribution is 7.09. The van der Waals surface area contributed by atoms with Crippen molar-refractivity contribution in [3.05, 3.63) is 22.4 Å². The van der Waals surface area contributed by atoms with Crippen molar-refractivity contribution in [3.63, 3.8) is 0 Å². The van der Waals surface area contributed by atoms with Gasteiger partial charge < -0.3 is 15.7 Å². The van der Waals surface area contributed by atoms with Crippen molar-refractivity contribution in [3.8, 4) is 0 Å². The Morgan fingerprint density at radius 3 is 3.07 bits per heavy atom. The molecule has 0 aliphatic carbocycles. The molecule has 1 rings (SSSR count). The second-order valence-corrected chi connectivity index (χ2v) is 4.21. The van der Waals surface area contributed by atoms with E-state index in [1.165, 1.54) is 4.88 Å². The van der Waals surface area contributed by atoms with Crippen molar-refractivity contribution in [2.45, 2.75) is 25.9 Å². The monoisotopic (exact) mass is 228 g/mol. The number of hydrogen-bond donors (Lipinski definition) is 2. The van der Waals surface area contributed by atoms with Crippen LogP contribution in [-0.4, -0.2) is 17.6 Å². The third kappa shape index (κ3) is 5.39. The van der Waals surface area contributed by atoms with Gasteiger partial charge in [-0.1, -0.05) is 11.2 Å². The van der Waals surface area contributed by atoms with E-state index in [-0.39, 0.29) is 5.84 Å². The van der Waals surface area contributed by atoms with Crippen molar-refractivity contribution >= 4 is 17.2 Å². The maximum atomic E-state index is 8.30. The van der Waals surface area contributed by atoms with Crippen LogP contribution in [0.1, 0.15) is 24.1 Å². The Bertz CT molecular complexity index is 286. The molecule has 1 aromatic rings. The summed E-state index contributed by atoms with van der Waals surface area (Å²) in [5.74, 6) is 0.285. The van der Waals surface area contributed by atoms with Gasteiger partial charge in [0, 0.05) is 17.9 Å². The number of amidine groups is 1. The Morgan fingerprint density at radius 2 is 2.40 bits per heavy atom. The van der Waals surface area contributed by atoms with E-state index >= 15 is 0 Å². The predicted octanol–water partition coefficient (Wildman–Crippen LogP) is 2.18. The van der Waals surface area contributed by atoms with Gasteiger partial charge in [0.25, 0.3) is 0 Å². The lowest BCUT2D eigenvalue weighted by molar-refractivity contribution is 0.119. The molecule has 0 aromatic carbocycles. The van der Waals surface area contributed by atoms with Gasteiger partial charge in [-0.3, -0.25) is 0 Å². The smallest absolute Gasteiger partial charge is 0.139 e. The first kappa shape index (κ1) is 12.0. The van der Waals surface area contributed by atoms with Crippen molar-refractivity contribution in [1.82, 2.24) is 0 Å². The minimum Gasteiger partial charge on any atom is -0.409 e. The average Bonchev–Trinajstić information content (AvgIpc) is 2.75. The minimum atomic E-state index is 0.285. The Morgan fingerprint density at radius 1 is 1.53 bits per heavy atom. The van der Waals surface area contributed by atoms with Crippen LogP contribution in [0.2, 0.25) is 0 Å². The molecular formula is C10H16N2O2S.